The van der Waals surface area contributed by atoms with Crippen LogP contribution in [0.1, 0.15) is 17.5 Å². The number of benzene rings is 2. The molecule has 0 aliphatic carbocycles. The third-order valence-electron chi connectivity index (χ3n) is 5.28. The van der Waals surface area contributed by atoms with Gasteiger partial charge >= 0.3 is 0 Å². The average molecular weight is 441 g/mol. The standard InChI is InChI=1S/C22H21ClN4O2S/c1-16-3-4-17-14-18(15-24)22(25-21(17)13-16)26-9-2-10-27(12-11-26)30(28,29)20-7-5-19(23)6-8-20/h3-8,13-14H,2,9-12H2,1H3. The summed E-state index contributed by atoms with van der Waals surface area (Å²) in [4.78, 5) is 6.99. The predicted octanol–water partition coefficient (Wildman–Crippen LogP) is 3.97. The number of aromatic nitrogens is 1. The zero-order valence-corrected chi connectivity index (χ0v) is 18.1. The maximum atomic E-state index is 13.0. The zero-order valence-electron chi connectivity index (χ0n) is 16.5. The molecule has 0 atom stereocenters. The summed E-state index contributed by atoms with van der Waals surface area (Å²) in [6, 6.07) is 16.3. The summed E-state index contributed by atoms with van der Waals surface area (Å²) in [7, 11) is -3.60. The second-order valence-corrected chi connectivity index (χ2v) is 9.74. The lowest BCUT2D eigenvalue weighted by Gasteiger charge is -2.24. The minimum absolute atomic E-state index is 0.234. The van der Waals surface area contributed by atoms with Gasteiger partial charge in [-0.25, -0.2) is 13.4 Å². The van der Waals surface area contributed by atoms with Crippen LogP contribution in [0.4, 0.5) is 5.82 Å². The van der Waals surface area contributed by atoms with Crippen LogP contribution in [0.5, 0.6) is 0 Å². The van der Waals surface area contributed by atoms with Crippen LogP contribution in [0.3, 0.4) is 0 Å². The van der Waals surface area contributed by atoms with E-state index in [0.717, 1.165) is 16.5 Å². The first-order chi connectivity index (χ1) is 14.4. The van der Waals surface area contributed by atoms with E-state index in [4.69, 9.17) is 16.6 Å². The van der Waals surface area contributed by atoms with Gasteiger partial charge in [-0.3, -0.25) is 0 Å². The highest BCUT2D eigenvalue weighted by Gasteiger charge is 2.28. The van der Waals surface area contributed by atoms with Gasteiger partial charge in [0.15, 0.2) is 0 Å². The highest BCUT2D eigenvalue weighted by Crippen LogP contribution is 2.26. The maximum absolute atomic E-state index is 13.0. The minimum atomic E-state index is -3.60. The molecule has 1 fully saturated rings. The van der Waals surface area contributed by atoms with Gasteiger partial charge in [0.05, 0.1) is 16.0 Å². The third-order valence-corrected chi connectivity index (χ3v) is 7.44. The Balaban J connectivity index is 1.61. The summed E-state index contributed by atoms with van der Waals surface area (Å²) in [6.07, 6.45) is 0.644. The van der Waals surface area contributed by atoms with Crippen molar-refractivity contribution in [3.8, 4) is 6.07 Å². The van der Waals surface area contributed by atoms with Crippen molar-refractivity contribution in [3.05, 3.63) is 64.7 Å². The van der Waals surface area contributed by atoms with Crippen molar-refractivity contribution in [1.29, 1.82) is 5.26 Å². The van der Waals surface area contributed by atoms with Crippen LogP contribution in [0, 0.1) is 18.3 Å². The molecule has 154 valence electrons. The van der Waals surface area contributed by atoms with Gasteiger partial charge in [0.2, 0.25) is 10.0 Å². The lowest BCUT2D eigenvalue weighted by molar-refractivity contribution is 0.433. The van der Waals surface area contributed by atoms with Gasteiger partial charge in [0, 0.05) is 36.6 Å². The number of hydrogen-bond acceptors (Lipinski definition) is 5. The molecule has 6 nitrogen and oxygen atoms in total. The van der Waals surface area contributed by atoms with Crippen molar-refractivity contribution in [2.45, 2.75) is 18.2 Å². The normalized spacial score (nSPS) is 15.7. The highest BCUT2D eigenvalue weighted by molar-refractivity contribution is 7.89. The number of anilines is 1. The number of pyridine rings is 1. The van der Waals surface area contributed by atoms with Gasteiger partial charge < -0.3 is 4.90 Å². The SMILES string of the molecule is Cc1ccc2cc(C#N)c(N3CCCN(S(=O)(=O)c4ccc(Cl)cc4)CC3)nc2c1. The molecule has 2 heterocycles. The molecular formula is C22H21ClN4O2S. The van der Waals surface area contributed by atoms with Crippen LogP contribution in [0.15, 0.2) is 53.4 Å². The Labute approximate surface area is 181 Å². The largest absolute Gasteiger partial charge is 0.354 e. The topological polar surface area (TPSA) is 77.3 Å². The molecule has 3 aromatic rings. The summed E-state index contributed by atoms with van der Waals surface area (Å²) in [6.45, 7) is 3.83. The molecule has 1 aliphatic rings. The predicted molar refractivity (Wildman–Crippen MR) is 118 cm³/mol. The third kappa shape index (κ3) is 3.99. The highest BCUT2D eigenvalue weighted by atomic mass is 35.5. The molecule has 0 bridgehead atoms. The molecule has 1 aliphatic heterocycles. The van der Waals surface area contributed by atoms with E-state index >= 15 is 0 Å². The van der Waals surface area contributed by atoms with Crippen LogP contribution in [0.25, 0.3) is 10.9 Å². The lowest BCUT2D eigenvalue weighted by atomic mass is 10.1. The van der Waals surface area contributed by atoms with E-state index in [1.807, 2.05) is 36.1 Å². The van der Waals surface area contributed by atoms with E-state index in [0.29, 0.717) is 49.0 Å². The van der Waals surface area contributed by atoms with Gasteiger partial charge in [0.1, 0.15) is 11.9 Å². The Hall–Kier alpha value is -2.66. The van der Waals surface area contributed by atoms with Gasteiger partial charge in [-0.1, -0.05) is 23.7 Å². The van der Waals surface area contributed by atoms with Gasteiger partial charge in [-0.15, -0.1) is 0 Å². The van der Waals surface area contributed by atoms with Crippen LogP contribution < -0.4 is 4.90 Å². The molecule has 1 aromatic heterocycles. The number of aryl methyl sites for hydroxylation is 1. The smallest absolute Gasteiger partial charge is 0.243 e. The van der Waals surface area contributed by atoms with Crippen LogP contribution >= 0.6 is 11.6 Å². The molecule has 0 saturated carbocycles. The number of halogens is 1. The van der Waals surface area contributed by atoms with Crippen molar-refractivity contribution in [3.63, 3.8) is 0 Å². The first-order valence-electron chi connectivity index (χ1n) is 9.71. The van der Waals surface area contributed by atoms with Crippen molar-refractivity contribution >= 4 is 38.3 Å². The van der Waals surface area contributed by atoms with Crippen molar-refractivity contribution in [2.75, 3.05) is 31.1 Å². The summed E-state index contributed by atoms with van der Waals surface area (Å²) < 4.78 is 27.5. The fourth-order valence-corrected chi connectivity index (χ4v) is 5.29. The van der Waals surface area contributed by atoms with E-state index in [9.17, 15) is 13.7 Å². The second-order valence-electron chi connectivity index (χ2n) is 7.37. The number of nitriles is 1. The Morgan fingerprint density at radius 3 is 2.53 bits per heavy atom. The zero-order chi connectivity index (χ0) is 21.3. The van der Waals surface area contributed by atoms with Crippen molar-refractivity contribution in [2.24, 2.45) is 0 Å². The summed E-state index contributed by atoms with van der Waals surface area (Å²) >= 11 is 5.89. The van der Waals surface area contributed by atoms with E-state index in [-0.39, 0.29) is 4.90 Å². The number of fused-ring (bicyclic) bond motifs is 1. The Bertz CT molecular complexity index is 1240. The van der Waals surface area contributed by atoms with Gasteiger partial charge in [0.25, 0.3) is 0 Å². The lowest BCUT2D eigenvalue weighted by Crippen LogP contribution is -2.35. The first-order valence-corrected chi connectivity index (χ1v) is 11.5. The Morgan fingerprint density at radius 1 is 1.03 bits per heavy atom. The number of hydrogen-bond donors (Lipinski definition) is 0. The van der Waals surface area contributed by atoms with E-state index < -0.39 is 10.0 Å². The molecule has 0 unspecified atom stereocenters. The Morgan fingerprint density at radius 2 is 1.80 bits per heavy atom. The molecule has 1 saturated heterocycles. The number of rotatable bonds is 3. The Kier molecular flexibility index (Phi) is 5.65. The second kappa shape index (κ2) is 8.23. The summed E-state index contributed by atoms with van der Waals surface area (Å²) in [5, 5.41) is 11.1. The van der Waals surface area contributed by atoms with Crippen LogP contribution in [0.2, 0.25) is 5.02 Å². The van der Waals surface area contributed by atoms with Crippen LogP contribution in [-0.4, -0.2) is 43.9 Å². The fourth-order valence-electron chi connectivity index (χ4n) is 3.69. The van der Waals surface area contributed by atoms with Gasteiger partial charge in [-0.05, 0) is 55.3 Å². The van der Waals surface area contributed by atoms with Crippen molar-refractivity contribution in [1.82, 2.24) is 9.29 Å². The number of sulfonamides is 1. The molecule has 30 heavy (non-hydrogen) atoms. The van der Waals surface area contributed by atoms with Crippen molar-refractivity contribution < 1.29 is 8.42 Å². The monoisotopic (exact) mass is 440 g/mol. The molecule has 0 amide bonds. The first kappa shape index (κ1) is 20.6. The molecular weight excluding hydrogens is 420 g/mol. The quantitative estimate of drug-likeness (QED) is 0.615. The molecule has 0 N–H and O–H groups in total. The fraction of sp³-hybridized carbons (Fsp3) is 0.273. The maximum Gasteiger partial charge on any atom is 0.243 e. The molecule has 4 rings (SSSR count). The molecule has 8 heteroatoms. The summed E-state index contributed by atoms with van der Waals surface area (Å²) in [5.41, 5.74) is 2.43. The van der Waals surface area contributed by atoms with E-state index in [1.165, 1.54) is 16.4 Å². The molecule has 0 spiro atoms. The molecule has 0 radical (unpaired) electrons. The number of nitrogens with zero attached hydrogens (tertiary/aromatic N) is 4. The minimum Gasteiger partial charge on any atom is -0.354 e. The summed E-state index contributed by atoms with van der Waals surface area (Å²) in [5.74, 6) is 0.612. The average Bonchev–Trinajstić information content (AvgIpc) is 3.00. The van der Waals surface area contributed by atoms with Crippen LogP contribution in [-0.2, 0) is 10.0 Å². The van der Waals surface area contributed by atoms with Gasteiger partial charge in [-0.2, -0.15) is 9.57 Å². The molecule has 2 aromatic carbocycles. The van der Waals surface area contributed by atoms with E-state index in [2.05, 4.69) is 6.07 Å². The van der Waals surface area contributed by atoms with E-state index in [1.54, 1.807) is 12.1 Å².